The molecule has 750 valence electrons. The maximum atomic E-state index is 14.2. The third-order valence-corrected chi connectivity index (χ3v) is 29.5. The van der Waals surface area contributed by atoms with Crippen LogP contribution in [0.4, 0.5) is 69.5 Å². The van der Waals surface area contributed by atoms with E-state index in [2.05, 4.69) is 38.9 Å². The lowest BCUT2D eigenvalue weighted by atomic mass is 10.1. The number of pyridine rings is 4. The second-order valence-corrected chi connectivity index (χ2v) is 40.3. The predicted molar refractivity (Wildman–Crippen MR) is 533 cm³/mol. The summed E-state index contributed by atoms with van der Waals surface area (Å²) < 4.78 is 128. The van der Waals surface area contributed by atoms with Crippen molar-refractivity contribution in [2.75, 3.05) is 80.9 Å². The van der Waals surface area contributed by atoms with E-state index in [9.17, 15) is 103 Å². The molecule has 6 amide bonds. The maximum Gasteiger partial charge on any atom is 0.356 e. The number of halogens is 12. The van der Waals surface area contributed by atoms with E-state index in [1.54, 1.807) is 69.3 Å². The number of hydrogen-bond donors (Lipinski definition) is 2. The maximum absolute atomic E-state index is 14.2. The predicted octanol–water partition coefficient (Wildman–Crippen LogP) is 21.0. The smallest absolute Gasteiger partial charge is 0.356 e. The number of esters is 4. The molecule has 1 unspecified atom stereocenters. The fourth-order valence-electron chi connectivity index (χ4n) is 14.6. The summed E-state index contributed by atoms with van der Waals surface area (Å²) in [7, 11) is 4.99. The van der Waals surface area contributed by atoms with Crippen molar-refractivity contribution in [1.29, 1.82) is 0 Å². The van der Waals surface area contributed by atoms with Crippen LogP contribution in [0.1, 0.15) is 117 Å². The van der Waals surface area contributed by atoms with E-state index in [4.69, 9.17) is 46.4 Å². The van der Waals surface area contributed by atoms with Crippen molar-refractivity contribution in [3.8, 4) is 0 Å². The number of thioether (sulfide) groups is 6. The zero-order valence-electron chi connectivity index (χ0n) is 76.5. The number of carbonyl (C=O) groups is 12. The third-order valence-electron chi connectivity index (χ3n) is 21.7. The Hall–Kier alpha value is -13.3. The first-order valence-electron chi connectivity index (χ1n) is 42.5. The molecule has 1 atom stereocenters. The Morgan fingerprint density at radius 2 is 0.703 bits per heavy atom. The molecule has 0 saturated heterocycles. The number of nitrogens with zero attached hydrogens (tertiary/aromatic N) is 10. The second kappa shape index (κ2) is 48.1. The van der Waals surface area contributed by atoms with Gasteiger partial charge in [-0.15, -0.1) is 47.0 Å². The van der Waals surface area contributed by atoms with Crippen molar-refractivity contribution in [1.82, 2.24) is 19.9 Å². The molecule has 145 heavy (non-hydrogen) atoms. The zero-order valence-corrected chi connectivity index (χ0v) is 84.4. The Morgan fingerprint density at radius 1 is 0.379 bits per heavy atom. The van der Waals surface area contributed by atoms with Crippen LogP contribution < -0.4 is 29.4 Å². The number of carboxylic acids is 2. The van der Waals surface area contributed by atoms with Gasteiger partial charge in [0.25, 0.3) is 0 Å². The minimum absolute atomic E-state index is 0.0205. The first kappa shape index (κ1) is 109. The molecule has 0 fully saturated rings. The zero-order chi connectivity index (χ0) is 105. The average Bonchev–Trinajstić information content (AvgIpc) is 0.749. The van der Waals surface area contributed by atoms with Crippen LogP contribution >= 0.6 is 117 Å². The highest BCUT2D eigenvalue weighted by molar-refractivity contribution is 8.02. The molecule has 0 aliphatic carbocycles. The van der Waals surface area contributed by atoms with Crippen LogP contribution in [0.3, 0.4) is 0 Å². The van der Waals surface area contributed by atoms with Crippen LogP contribution in [0.15, 0.2) is 224 Å². The van der Waals surface area contributed by atoms with Crippen LogP contribution in [0.25, 0.3) is 0 Å². The summed E-state index contributed by atoms with van der Waals surface area (Å²) in [6.07, 6.45) is 2.76. The first-order valence-corrected chi connectivity index (χ1v) is 49.6. The number of fused-ring (bicyclic) bond motifs is 6. The lowest BCUT2D eigenvalue weighted by molar-refractivity contribution is -0.120. The molecule has 12 aromatic rings. The lowest BCUT2D eigenvalue weighted by Crippen LogP contribution is -2.46. The van der Waals surface area contributed by atoms with Crippen LogP contribution in [0, 0.1) is 46.5 Å². The fourth-order valence-corrected chi connectivity index (χ4v) is 21.2. The SMILES string of the molecule is CC1(C)Sc2ccc(C(=O)O)cc2N(Cc2c(F)cccc2Cl)C1=O.CC1Sc2ccc(C(=O)O)cc2N(Cc2c(F)cccc2Cl)C1=O.COC(=O)c1ccc2c(n1)N(Cc1c(F)cccc1Cl)C(=O)CS2.COC(=O)c1ccc2c(n1)N(Cc1cc(F)cc(F)c1)C(=O)CS2.COC(=O)c1cnc2c(c1)N(Cc1c(F)cccc1Cl)C(=O)CS2.COC(=O)c1cnc2c(c1)N(Cc1cc(F)cc(F)c1)C(=O)CS2. The van der Waals surface area contributed by atoms with Crippen molar-refractivity contribution in [3.05, 3.63) is 328 Å². The van der Waals surface area contributed by atoms with Crippen molar-refractivity contribution in [3.63, 3.8) is 0 Å². The van der Waals surface area contributed by atoms with Crippen LogP contribution in [0.2, 0.25) is 20.1 Å². The number of carboxylic acid groups (broad SMARTS) is 2. The Morgan fingerprint density at radius 3 is 1.09 bits per heavy atom. The highest BCUT2D eigenvalue weighted by Crippen LogP contribution is 2.48. The number of ether oxygens (including phenoxy) is 4. The number of rotatable bonds is 18. The van der Waals surface area contributed by atoms with Crippen molar-refractivity contribution >= 4 is 223 Å². The summed E-state index contributed by atoms with van der Waals surface area (Å²) in [5, 5.41) is 20.1. The third kappa shape index (κ3) is 26.2. The number of methoxy groups -OCH3 is 4. The summed E-state index contributed by atoms with van der Waals surface area (Å²) in [6, 6.07) is 42.1. The van der Waals surface area contributed by atoms with Gasteiger partial charge in [0.1, 0.15) is 68.2 Å². The monoisotopic (exact) mass is 2180 g/mol. The molecule has 0 bridgehead atoms. The van der Waals surface area contributed by atoms with E-state index in [1.165, 1.54) is 238 Å². The van der Waals surface area contributed by atoms with Gasteiger partial charge in [0.2, 0.25) is 35.4 Å². The number of amides is 6. The first-order chi connectivity index (χ1) is 69.0. The molecular formula is C99H76Cl4F8N10O18S6. The number of hydrogen-bond acceptors (Lipinski definition) is 26. The Labute approximate surface area is 866 Å². The number of aromatic nitrogens is 4. The van der Waals surface area contributed by atoms with Gasteiger partial charge in [-0.1, -0.05) is 94.2 Å². The van der Waals surface area contributed by atoms with Gasteiger partial charge in [-0.3, -0.25) is 38.6 Å². The van der Waals surface area contributed by atoms with E-state index >= 15 is 0 Å². The highest BCUT2D eigenvalue weighted by atomic mass is 35.5. The number of aromatic carboxylic acids is 2. The fraction of sp³-hybridized carbons (Fsp3) is 0.192. The Bertz CT molecular complexity index is 6810. The standard InChI is InChI=1S/C18H15ClFNO3S.C17H13ClFNO3S.2C16H12ClFN2O3S.2C16H12F2N2O3S/c1-18(2)17(24)21(9-11-12(19)4-3-5-13(11)20)14-8-10(16(22)23)6-7-15(14)25-18;1-9-16(21)20(8-11-12(18)3-2-4-13(11)19)14-7-10(17(22)23)5-6-15(14)24-9;1-23-16(22)9-5-13-15(19-6-9)24-8-14(21)20(13)7-10-11(17)3-2-4-12(10)18;1-23-16(22)12-5-6-13-15(19-12)20(14(21)8-24-13)7-9-10(17)3-2-4-11(9)18;1-23-16(22)10-4-13-15(19-6-10)24-8-14(21)20(13)7-9-2-11(17)5-12(18)3-9;1-23-16(22)12-2-3-13-15(19-12)20(14(21)8-24-13)7-9-4-10(17)6-11(18)5-9/h3-8H,9H2,1-2H3,(H,22,23);2-7,9H,8H2,1H3,(H,22,23);4*2-6H,7-8H2,1H3. The van der Waals surface area contributed by atoms with Crippen molar-refractivity contribution in [2.24, 2.45) is 0 Å². The summed E-state index contributed by atoms with van der Waals surface area (Å²) in [6.45, 7) is 5.05. The van der Waals surface area contributed by atoms with Gasteiger partial charge in [0.05, 0.1) is 156 Å². The molecule has 8 aromatic carbocycles. The van der Waals surface area contributed by atoms with Gasteiger partial charge in [-0.05, 0) is 177 Å². The van der Waals surface area contributed by atoms with Gasteiger partial charge >= 0.3 is 35.8 Å². The number of anilines is 6. The van der Waals surface area contributed by atoms with E-state index in [0.29, 0.717) is 54.6 Å². The molecule has 2 N–H and O–H groups in total. The number of benzene rings is 8. The van der Waals surface area contributed by atoms with Crippen molar-refractivity contribution in [2.45, 2.75) is 99.7 Å². The molecule has 10 heterocycles. The normalized spacial score (nSPS) is 14.5. The molecule has 46 heteroatoms. The van der Waals surface area contributed by atoms with Crippen LogP contribution in [-0.4, -0.2) is 163 Å². The van der Waals surface area contributed by atoms with Gasteiger partial charge in [-0.25, -0.2) is 83.8 Å². The second-order valence-electron chi connectivity index (χ2n) is 31.7. The summed E-state index contributed by atoms with van der Waals surface area (Å²) in [5.41, 5.74) is 3.90. The average molecular weight is 2180 g/mol. The molecule has 18 rings (SSSR count). The summed E-state index contributed by atoms with van der Waals surface area (Å²) in [4.78, 5) is 172. The molecule has 0 saturated carbocycles. The number of carbonyl (C=O) groups excluding carboxylic acids is 10. The molecule has 4 aromatic heterocycles. The molecule has 28 nitrogen and oxygen atoms in total. The topological polar surface area (TPSA) is 353 Å². The molecule has 6 aliphatic heterocycles. The summed E-state index contributed by atoms with van der Waals surface area (Å²) >= 11 is 32.1. The van der Waals surface area contributed by atoms with Gasteiger partial charge in [0, 0.05) is 76.7 Å². The quantitative estimate of drug-likeness (QED) is 0.0458. The minimum atomic E-state index is -1.09. The van der Waals surface area contributed by atoms with E-state index in [1.807, 2.05) is 0 Å². The van der Waals surface area contributed by atoms with Gasteiger partial charge in [0.15, 0.2) is 11.4 Å². The van der Waals surface area contributed by atoms with E-state index < -0.39 is 87.1 Å². The van der Waals surface area contributed by atoms with E-state index in [-0.39, 0.29) is 185 Å². The minimum Gasteiger partial charge on any atom is -0.478 e. The van der Waals surface area contributed by atoms with Gasteiger partial charge < -0.3 is 48.8 Å². The molecule has 0 spiro atoms. The lowest BCUT2D eigenvalue weighted by Gasteiger charge is -2.38. The Balaban J connectivity index is 0.000000146. The van der Waals surface area contributed by atoms with Gasteiger partial charge in [-0.2, -0.15) is 0 Å². The van der Waals surface area contributed by atoms with E-state index in [0.717, 1.165) is 51.1 Å². The van der Waals surface area contributed by atoms with Crippen LogP contribution in [-0.2, 0) is 87.0 Å². The summed E-state index contributed by atoms with van der Waals surface area (Å²) in [5.74, 6) is -9.49. The molecular weight excluding hydrogens is 2100 g/mol. The molecule has 6 aliphatic rings. The molecule has 0 radical (unpaired) electrons. The van der Waals surface area contributed by atoms with Crippen LogP contribution in [0.5, 0.6) is 0 Å². The van der Waals surface area contributed by atoms with Crippen molar-refractivity contribution < 1.29 is 122 Å². The largest absolute Gasteiger partial charge is 0.478 e. The Kier molecular flexibility index (Phi) is 36.2. The highest BCUT2D eigenvalue weighted by Gasteiger charge is 2.42.